The number of nitrogens with zero attached hydrogens (tertiary/aromatic N) is 3. The largest absolute Gasteiger partial charge is 0.387 e. The third kappa shape index (κ3) is 2.84. The Morgan fingerprint density at radius 1 is 1.21 bits per heavy atom. The molecule has 4 nitrogen and oxygen atoms in total. The molecule has 102 valence electrons. The highest BCUT2D eigenvalue weighted by molar-refractivity contribution is 5.32. The Labute approximate surface area is 114 Å². The zero-order valence-electron chi connectivity index (χ0n) is 11.8. The summed E-state index contributed by atoms with van der Waals surface area (Å²) in [5.41, 5.74) is 3.94. The molecule has 0 unspecified atom stereocenters. The van der Waals surface area contributed by atoms with Crippen molar-refractivity contribution in [1.82, 2.24) is 14.8 Å². The van der Waals surface area contributed by atoms with E-state index in [4.69, 9.17) is 0 Å². The number of pyridine rings is 1. The molecule has 2 aromatic heterocycles. The van der Waals surface area contributed by atoms with Gasteiger partial charge in [0.2, 0.25) is 0 Å². The number of rotatable bonds is 5. The van der Waals surface area contributed by atoms with Gasteiger partial charge in [0.25, 0.3) is 0 Å². The number of aryl methyl sites for hydroxylation is 2. The lowest BCUT2D eigenvalue weighted by Crippen LogP contribution is -2.04. The summed E-state index contributed by atoms with van der Waals surface area (Å²) in [5.74, 6) is 0. The van der Waals surface area contributed by atoms with E-state index in [0.717, 1.165) is 24.2 Å². The zero-order valence-corrected chi connectivity index (χ0v) is 11.8. The minimum absolute atomic E-state index is 0.483. The monoisotopic (exact) mass is 259 g/mol. The van der Waals surface area contributed by atoms with Gasteiger partial charge in [0.05, 0.1) is 29.4 Å². The first-order chi connectivity index (χ1) is 9.19. The first-order valence-corrected chi connectivity index (χ1v) is 6.91. The molecule has 1 N–H and O–H groups in total. The first kappa shape index (κ1) is 13.7. The summed E-state index contributed by atoms with van der Waals surface area (Å²) in [7, 11) is 0. The van der Waals surface area contributed by atoms with Crippen LogP contribution >= 0.6 is 0 Å². The van der Waals surface area contributed by atoms with Gasteiger partial charge in [0, 0.05) is 5.69 Å². The van der Waals surface area contributed by atoms with E-state index in [1.807, 2.05) is 23.7 Å². The summed E-state index contributed by atoms with van der Waals surface area (Å²) in [4.78, 5) is 4.33. The van der Waals surface area contributed by atoms with E-state index < -0.39 is 6.10 Å². The second-order valence-corrected chi connectivity index (χ2v) is 4.61. The molecule has 0 aliphatic heterocycles. The molecule has 0 aliphatic rings. The van der Waals surface area contributed by atoms with Crippen LogP contribution in [0.1, 0.15) is 50.4 Å². The predicted molar refractivity (Wildman–Crippen MR) is 75.4 cm³/mol. The van der Waals surface area contributed by atoms with Gasteiger partial charge in [-0.25, -0.2) is 4.68 Å². The Bertz CT molecular complexity index is 531. The van der Waals surface area contributed by atoms with Crippen LogP contribution in [0.3, 0.4) is 0 Å². The van der Waals surface area contributed by atoms with Gasteiger partial charge in [-0.1, -0.05) is 20.8 Å². The molecule has 0 bridgehead atoms. The Kier molecular flexibility index (Phi) is 4.32. The van der Waals surface area contributed by atoms with Gasteiger partial charge in [-0.05, 0) is 37.5 Å². The topological polar surface area (TPSA) is 50.9 Å². The van der Waals surface area contributed by atoms with E-state index in [9.17, 15) is 5.11 Å². The molecule has 0 fully saturated rings. The van der Waals surface area contributed by atoms with Crippen LogP contribution in [0.4, 0.5) is 0 Å². The van der Waals surface area contributed by atoms with Crippen LogP contribution in [0.25, 0.3) is 5.69 Å². The van der Waals surface area contributed by atoms with Crippen LogP contribution in [0.2, 0.25) is 0 Å². The fraction of sp³-hybridized carbons (Fsp3) is 0.467. The van der Waals surface area contributed by atoms with E-state index in [2.05, 4.69) is 30.0 Å². The van der Waals surface area contributed by atoms with E-state index in [0.29, 0.717) is 12.1 Å². The highest BCUT2D eigenvalue weighted by Crippen LogP contribution is 2.17. The Balaban J connectivity index is 2.34. The van der Waals surface area contributed by atoms with Crippen LogP contribution < -0.4 is 0 Å². The van der Waals surface area contributed by atoms with Crippen molar-refractivity contribution in [3.63, 3.8) is 0 Å². The van der Waals surface area contributed by atoms with Gasteiger partial charge < -0.3 is 5.11 Å². The van der Waals surface area contributed by atoms with Crippen molar-refractivity contribution in [2.45, 2.75) is 46.1 Å². The highest BCUT2D eigenvalue weighted by atomic mass is 16.3. The van der Waals surface area contributed by atoms with Gasteiger partial charge in [0.1, 0.15) is 0 Å². The molecule has 2 rings (SSSR count). The molecular weight excluding hydrogens is 238 g/mol. The van der Waals surface area contributed by atoms with E-state index in [1.54, 1.807) is 6.20 Å². The SMILES string of the molecule is CCc1cc(CC)n(-c2ccc([C@H](O)CC)nc2)n1. The molecule has 4 heteroatoms. The zero-order chi connectivity index (χ0) is 13.8. The summed E-state index contributed by atoms with van der Waals surface area (Å²) in [6.45, 7) is 6.16. The van der Waals surface area contributed by atoms with Crippen molar-refractivity contribution in [3.05, 3.63) is 41.5 Å². The third-order valence-corrected chi connectivity index (χ3v) is 3.30. The van der Waals surface area contributed by atoms with Gasteiger partial charge in [-0.2, -0.15) is 5.10 Å². The number of hydrogen-bond acceptors (Lipinski definition) is 3. The number of hydrogen-bond donors (Lipinski definition) is 1. The average Bonchev–Trinajstić information content (AvgIpc) is 2.90. The third-order valence-electron chi connectivity index (χ3n) is 3.30. The molecule has 1 atom stereocenters. The lowest BCUT2D eigenvalue weighted by molar-refractivity contribution is 0.169. The van der Waals surface area contributed by atoms with Crippen LogP contribution in [0.5, 0.6) is 0 Å². The quantitative estimate of drug-likeness (QED) is 0.898. The Morgan fingerprint density at radius 3 is 2.53 bits per heavy atom. The molecule has 2 heterocycles. The molecule has 2 aromatic rings. The summed E-state index contributed by atoms with van der Waals surface area (Å²) in [6, 6.07) is 5.97. The fourth-order valence-electron chi connectivity index (χ4n) is 2.05. The van der Waals surface area contributed by atoms with Gasteiger partial charge in [-0.3, -0.25) is 4.98 Å². The second kappa shape index (κ2) is 5.97. The molecule has 0 spiro atoms. The molecule has 0 saturated carbocycles. The maximum Gasteiger partial charge on any atom is 0.0957 e. The summed E-state index contributed by atoms with van der Waals surface area (Å²) in [6.07, 6.45) is 3.84. The van der Waals surface area contributed by atoms with Crippen molar-refractivity contribution in [3.8, 4) is 5.69 Å². The summed E-state index contributed by atoms with van der Waals surface area (Å²) >= 11 is 0. The van der Waals surface area contributed by atoms with Gasteiger partial charge in [0.15, 0.2) is 0 Å². The Hall–Kier alpha value is -1.68. The van der Waals surface area contributed by atoms with Crippen molar-refractivity contribution in [2.75, 3.05) is 0 Å². The number of aliphatic hydroxyl groups is 1. The molecule has 0 saturated heterocycles. The maximum atomic E-state index is 9.75. The van der Waals surface area contributed by atoms with Gasteiger partial charge >= 0.3 is 0 Å². The molecule has 0 radical (unpaired) electrons. The lowest BCUT2D eigenvalue weighted by Gasteiger charge is -2.09. The number of aliphatic hydroxyl groups excluding tert-OH is 1. The van der Waals surface area contributed by atoms with Gasteiger partial charge in [-0.15, -0.1) is 0 Å². The molecule has 0 aliphatic carbocycles. The molecule has 0 aromatic carbocycles. The van der Waals surface area contributed by atoms with E-state index in [1.165, 1.54) is 5.69 Å². The van der Waals surface area contributed by atoms with Crippen molar-refractivity contribution in [1.29, 1.82) is 0 Å². The van der Waals surface area contributed by atoms with Crippen LogP contribution in [0.15, 0.2) is 24.4 Å². The highest BCUT2D eigenvalue weighted by Gasteiger charge is 2.10. The molecule has 0 amide bonds. The summed E-state index contributed by atoms with van der Waals surface area (Å²) < 4.78 is 1.94. The minimum Gasteiger partial charge on any atom is -0.387 e. The predicted octanol–water partition coefficient (Wildman–Crippen LogP) is 2.84. The Morgan fingerprint density at radius 2 is 2.00 bits per heavy atom. The van der Waals surface area contributed by atoms with E-state index >= 15 is 0 Å². The van der Waals surface area contributed by atoms with Crippen LogP contribution in [0, 0.1) is 0 Å². The smallest absolute Gasteiger partial charge is 0.0957 e. The van der Waals surface area contributed by atoms with Crippen molar-refractivity contribution in [2.24, 2.45) is 0 Å². The van der Waals surface area contributed by atoms with E-state index in [-0.39, 0.29) is 0 Å². The second-order valence-electron chi connectivity index (χ2n) is 4.61. The normalized spacial score (nSPS) is 12.6. The molecular formula is C15H21N3O. The standard InChI is InChI=1S/C15H21N3O/c1-4-11-9-12(5-2)18(17-11)13-7-8-14(16-10-13)15(19)6-3/h7-10,15,19H,4-6H2,1-3H3/t15-/m1/s1. The van der Waals surface area contributed by atoms with Crippen molar-refractivity contribution >= 4 is 0 Å². The van der Waals surface area contributed by atoms with Crippen LogP contribution in [-0.4, -0.2) is 19.9 Å². The summed E-state index contributed by atoms with van der Waals surface area (Å²) in [5, 5.41) is 14.3. The molecule has 19 heavy (non-hydrogen) atoms. The lowest BCUT2D eigenvalue weighted by atomic mass is 10.2. The first-order valence-electron chi connectivity index (χ1n) is 6.91. The minimum atomic E-state index is -0.483. The number of aromatic nitrogens is 3. The van der Waals surface area contributed by atoms with Crippen LogP contribution in [-0.2, 0) is 12.8 Å². The van der Waals surface area contributed by atoms with Crippen molar-refractivity contribution < 1.29 is 5.11 Å². The average molecular weight is 259 g/mol. The fourth-order valence-corrected chi connectivity index (χ4v) is 2.05. The maximum absolute atomic E-state index is 9.75.